The molecule has 0 aliphatic rings. The van der Waals surface area contributed by atoms with E-state index in [4.69, 9.17) is 4.74 Å². The molecule has 3 rings (SSSR count). The van der Waals surface area contributed by atoms with Crippen molar-refractivity contribution < 1.29 is 14.3 Å². The lowest BCUT2D eigenvalue weighted by Crippen LogP contribution is -2.02. The molecule has 0 saturated heterocycles. The van der Waals surface area contributed by atoms with Gasteiger partial charge in [-0.2, -0.15) is 0 Å². The van der Waals surface area contributed by atoms with Crippen LogP contribution in [0.5, 0.6) is 5.75 Å². The summed E-state index contributed by atoms with van der Waals surface area (Å²) in [5.74, 6) is 0.706. The maximum absolute atomic E-state index is 12.3. The lowest BCUT2D eigenvalue weighted by molar-refractivity contribution is 0.103. The topological polar surface area (TPSA) is 43.4 Å². The lowest BCUT2D eigenvalue weighted by Gasteiger charge is -2.07. The smallest absolute Gasteiger partial charge is 0.193 e. The molecule has 0 aromatic heterocycles. The van der Waals surface area contributed by atoms with Gasteiger partial charge in [0.25, 0.3) is 0 Å². The van der Waals surface area contributed by atoms with Crippen molar-refractivity contribution in [3.05, 3.63) is 101 Å². The molecule has 0 aliphatic heterocycles. The van der Waals surface area contributed by atoms with Crippen LogP contribution in [0.15, 0.2) is 78.9 Å². The van der Waals surface area contributed by atoms with E-state index in [1.54, 1.807) is 24.3 Å². The Balaban J connectivity index is 1.64. The van der Waals surface area contributed by atoms with Crippen molar-refractivity contribution in [3.8, 4) is 5.75 Å². The first-order valence-corrected chi connectivity index (χ1v) is 7.63. The Morgan fingerprint density at radius 1 is 0.792 bits per heavy atom. The maximum Gasteiger partial charge on any atom is 0.193 e. The Morgan fingerprint density at radius 3 is 2.04 bits per heavy atom. The van der Waals surface area contributed by atoms with Crippen molar-refractivity contribution in [2.75, 3.05) is 0 Å². The van der Waals surface area contributed by atoms with Gasteiger partial charge in [-0.1, -0.05) is 54.6 Å². The van der Waals surface area contributed by atoms with Crippen molar-refractivity contribution in [3.63, 3.8) is 0 Å². The molecule has 3 nitrogen and oxygen atoms in total. The largest absolute Gasteiger partial charge is 0.489 e. The van der Waals surface area contributed by atoms with Crippen LogP contribution in [0, 0.1) is 0 Å². The Morgan fingerprint density at radius 2 is 1.42 bits per heavy atom. The van der Waals surface area contributed by atoms with Crippen molar-refractivity contribution in [2.24, 2.45) is 0 Å². The van der Waals surface area contributed by atoms with E-state index in [0.717, 1.165) is 11.8 Å². The number of hydrogen-bond acceptors (Lipinski definition) is 3. The Kier molecular flexibility index (Phi) is 4.82. The van der Waals surface area contributed by atoms with Gasteiger partial charge in [-0.05, 0) is 29.8 Å². The number of ether oxygens (including phenoxy) is 1. The third kappa shape index (κ3) is 3.76. The van der Waals surface area contributed by atoms with Crippen molar-refractivity contribution in [2.45, 2.75) is 6.61 Å². The second-order valence-electron chi connectivity index (χ2n) is 5.37. The zero-order valence-electron chi connectivity index (χ0n) is 13.0. The lowest BCUT2D eigenvalue weighted by atomic mass is 10.0. The molecule has 0 saturated carbocycles. The van der Waals surface area contributed by atoms with Gasteiger partial charge in [0.2, 0.25) is 0 Å². The van der Waals surface area contributed by atoms with E-state index in [-0.39, 0.29) is 5.78 Å². The quantitative estimate of drug-likeness (QED) is 0.503. The molecule has 0 unspecified atom stereocenters. The molecule has 0 N–H and O–H groups in total. The van der Waals surface area contributed by atoms with E-state index in [2.05, 4.69) is 0 Å². The Labute approximate surface area is 140 Å². The first-order chi connectivity index (χ1) is 11.8. The van der Waals surface area contributed by atoms with E-state index < -0.39 is 0 Å². The van der Waals surface area contributed by atoms with E-state index in [9.17, 15) is 9.59 Å². The molecule has 0 atom stereocenters. The first kappa shape index (κ1) is 15.7. The number of ketones is 1. The summed E-state index contributed by atoms with van der Waals surface area (Å²) in [5.41, 5.74) is 2.92. The monoisotopic (exact) mass is 316 g/mol. The van der Waals surface area contributed by atoms with Crippen LogP contribution in [0.1, 0.15) is 31.8 Å². The third-order valence-corrected chi connectivity index (χ3v) is 3.67. The van der Waals surface area contributed by atoms with Gasteiger partial charge in [-0.15, -0.1) is 0 Å². The molecule has 0 radical (unpaired) electrons. The summed E-state index contributed by atoms with van der Waals surface area (Å²) in [5, 5.41) is 0. The molecule has 3 aromatic rings. The fourth-order valence-electron chi connectivity index (χ4n) is 2.32. The Bertz CT molecular complexity index is 819. The number of carbonyl (C=O) groups is 2. The minimum absolute atomic E-state index is 0.00696. The summed E-state index contributed by atoms with van der Waals surface area (Å²) in [6.07, 6.45) is 0.798. The zero-order valence-corrected chi connectivity index (χ0v) is 13.0. The van der Waals surface area contributed by atoms with Gasteiger partial charge >= 0.3 is 0 Å². The van der Waals surface area contributed by atoms with Gasteiger partial charge < -0.3 is 4.74 Å². The highest BCUT2D eigenvalue weighted by Gasteiger charge is 2.08. The molecule has 0 bridgehead atoms. The summed E-state index contributed by atoms with van der Waals surface area (Å²) in [6.45, 7) is 0.403. The van der Waals surface area contributed by atoms with Crippen molar-refractivity contribution >= 4 is 12.1 Å². The zero-order chi connectivity index (χ0) is 16.8. The molecule has 118 valence electrons. The van der Waals surface area contributed by atoms with Gasteiger partial charge in [0.1, 0.15) is 18.6 Å². The highest BCUT2D eigenvalue weighted by molar-refractivity contribution is 6.08. The van der Waals surface area contributed by atoms with Gasteiger partial charge in [0.15, 0.2) is 5.78 Å². The molecular weight excluding hydrogens is 300 g/mol. The number of carbonyl (C=O) groups excluding carboxylic acids is 2. The average molecular weight is 316 g/mol. The fourth-order valence-corrected chi connectivity index (χ4v) is 2.32. The summed E-state index contributed by atoms with van der Waals surface area (Å²) in [7, 11) is 0. The van der Waals surface area contributed by atoms with Crippen LogP contribution in [0.4, 0.5) is 0 Å². The molecule has 0 amide bonds. The highest BCUT2D eigenvalue weighted by Crippen LogP contribution is 2.15. The molecule has 3 aromatic carbocycles. The van der Waals surface area contributed by atoms with E-state index >= 15 is 0 Å². The first-order valence-electron chi connectivity index (χ1n) is 7.63. The van der Waals surface area contributed by atoms with Crippen LogP contribution in [0.25, 0.3) is 0 Å². The van der Waals surface area contributed by atoms with Crippen LogP contribution >= 0.6 is 0 Å². The SMILES string of the molecule is O=Cc1ccc(OCc2ccc(C(=O)c3ccccc3)cc2)cc1. The summed E-state index contributed by atoms with van der Waals surface area (Å²) >= 11 is 0. The van der Waals surface area contributed by atoms with Crippen molar-refractivity contribution in [1.82, 2.24) is 0 Å². The van der Waals surface area contributed by atoms with E-state index in [0.29, 0.717) is 29.0 Å². The molecule has 0 fully saturated rings. The van der Waals surface area contributed by atoms with Gasteiger partial charge in [0.05, 0.1) is 0 Å². The minimum Gasteiger partial charge on any atom is -0.489 e. The summed E-state index contributed by atoms with van der Waals surface area (Å²) < 4.78 is 5.68. The number of aldehydes is 1. The van der Waals surface area contributed by atoms with Crippen LogP contribution in [-0.2, 0) is 6.61 Å². The maximum atomic E-state index is 12.3. The summed E-state index contributed by atoms with van der Waals surface area (Å²) in [6, 6.07) is 23.5. The van der Waals surface area contributed by atoms with E-state index in [1.165, 1.54) is 0 Å². The number of benzene rings is 3. The van der Waals surface area contributed by atoms with E-state index in [1.807, 2.05) is 54.6 Å². The van der Waals surface area contributed by atoms with Crippen LogP contribution in [0.2, 0.25) is 0 Å². The Hall–Kier alpha value is -3.20. The number of rotatable bonds is 6. The molecular formula is C21H16O3. The standard InChI is InChI=1S/C21H16O3/c22-14-16-8-12-20(13-9-16)24-15-17-6-10-19(11-7-17)21(23)18-4-2-1-3-5-18/h1-14H,15H2. The molecule has 24 heavy (non-hydrogen) atoms. The van der Waals surface area contributed by atoms with Crippen LogP contribution in [-0.4, -0.2) is 12.1 Å². The van der Waals surface area contributed by atoms with Crippen LogP contribution < -0.4 is 4.74 Å². The molecule has 0 spiro atoms. The predicted molar refractivity (Wildman–Crippen MR) is 92.5 cm³/mol. The fraction of sp³-hybridized carbons (Fsp3) is 0.0476. The average Bonchev–Trinajstić information content (AvgIpc) is 2.67. The molecule has 0 heterocycles. The molecule has 0 aliphatic carbocycles. The predicted octanol–water partition coefficient (Wildman–Crippen LogP) is 4.31. The third-order valence-electron chi connectivity index (χ3n) is 3.67. The normalized spacial score (nSPS) is 10.2. The minimum atomic E-state index is 0.00696. The molecule has 3 heteroatoms. The van der Waals surface area contributed by atoms with Gasteiger partial charge in [-0.3, -0.25) is 9.59 Å². The van der Waals surface area contributed by atoms with Crippen molar-refractivity contribution in [1.29, 1.82) is 0 Å². The number of hydrogen-bond donors (Lipinski definition) is 0. The second kappa shape index (κ2) is 7.38. The van der Waals surface area contributed by atoms with Crippen LogP contribution in [0.3, 0.4) is 0 Å². The van der Waals surface area contributed by atoms with Gasteiger partial charge in [-0.25, -0.2) is 0 Å². The highest BCUT2D eigenvalue weighted by atomic mass is 16.5. The van der Waals surface area contributed by atoms with Gasteiger partial charge in [0, 0.05) is 16.7 Å². The summed E-state index contributed by atoms with van der Waals surface area (Å²) in [4.78, 5) is 23.0. The second-order valence-corrected chi connectivity index (χ2v) is 5.37.